The van der Waals surface area contributed by atoms with E-state index in [1.165, 1.54) is 0 Å². The van der Waals surface area contributed by atoms with Gasteiger partial charge >= 0.3 is 36.4 Å². The van der Waals surface area contributed by atoms with Gasteiger partial charge in [0.2, 0.25) is 11.9 Å². The normalized spacial score (nSPS) is 13.9. The van der Waals surface area contributed by atoms with Crippen LogP contribution in [0.2, 0.25) is 5.02 Å². The molecule has 4 aromatic rings. The number of benzene rings is 1. The highest BCUT2D eigenvalue weighted by atomic mass is 35.5. The lowest BCUT2D eigenvalue weighted by Gasteiger charge is -2.31. The van der Waals surface area contributed by atoms with Gasteiger partial charge in [0.05, 0.1) is 18.1 Å². The fourth-order valence-electron chi connectivity index (χ4n) is 5.08. The zero-order valence-electron chi connectivity index (χ0n) is 30.5. The van der Waals surface area contributed by atoms with Gasteiger partial charge < -0.3 is 40.7 Å². The number of amides is 1. The fourth-order valence-corrected chi connectivity index (χ4v) is 5.22. The lowest BCUT2D eigenvalue weighted by atomic mass is 9.93. The Labute approximate surface area is 336 Å². The minimum atomic E-state index is -5.08. The molecule has 0 saturated carbocycles. The molecule has 2 aliphatic heterocycles. The second-order valence-electron chi connectivity index (χ2n) is 12.5. The summed E-state index contributed by atoms with van der Waals surface area (Å²) in [5, 5.41) is 35.6. The number of hydrogen-bond donors (Lipinski definition) is 6. The van der Waals surface area contributed by atoms with Crippen LogP contribution in [0, 0.1) is 12.8 Å². The second kappa shape index (κ2) is 20.5. The van der Waals surface area contributed by atoms with Crippen molar-refractivity contribution in [3.8, 4) is 0 Å². The van der Waals surface area contributed by atoms with E-state index in [0.717, 1.165) is 78.5 Å². The zero-order chi connectivity index (χ0) is 45.0. The van der Waals surface area contributed by atoms with Gasteiger partial charge in [0.15, 0.2) is 11.6 Å². The molecule has 26 heteroatoms. The molecule has 2 aliphatic rings. The number of carbonyl (C=O) groups excluding carboxylic acids is 1. The number of fused-ring (bicyclic) bond motifs is 6. The number of aryl methyl sites for hydroxylation is 3. The van der Waals surface area contributed by atoms with E-state index < -0.39 is 36.4 Å². The number of anilines is 6. The molecule has 6 rings (SSSR count). The highest BCUT2D eigenvalue weighted by molar-refractivity contribution is 6.32. The summed E-state index contributed by atoms with van der Waals surface area (Å²) in [4.78, 5) is 55.2. The first-order valence-electron chi connectivity index (χ1n) is 16.8. The number of piperidine rings is 1. The van der Waals surface area contributed by atoms with Gasteiger partial charge in [0, 0.05) is 43.1 Å². The summed E-state index contributed by atoms with van der Waals surface area (Å²) in [6.07, 6.45) is -6.26. The SMILES string of the molecule is Cc1cc(N2CCC(CC(=O)Nc3ccc4cc3CCc3cncc(c3)Nc3ncc(Cl)c(n3)N4)CC2)no1.O=C(O)C(F)(F)F.O=C(O)C(F)(F)F.O=C(O)C(F)(F)F. The van der Waals surface area contributed by atoms with Crippen LogP contribution in [0.5, 0.6) is 0 Å². The third-order valence-electron chi connectivity index (χ3n) is 7.88. The number of carboxylic acids is 3. The van der Waals surface area contributed by atoms with Crippen molar-refractivity contribution in [3.63, 3.8) is 0 Å². The Balaban J connectivity index is 0.000000377. The number of aliphatic carboxylic acids is 3. The highest BCUT2D eigenvalue weighted by Gasteiger charge is 2.39. The first-order valence-corrected chi connectivity index (χ1v) is 17.2. The summed E-state index contributed by atoms with van der Waals surface area (Å²) < 4.78 is 100. The number of pyridine rings is 1. The lowest BCUT2D eigenvalue weighted by Crippen LogP contribution is -2.35. The van der Waals surface area contributed by atoms with E-state index >= 15 is 0 Å². The standard InChI is InChI=1S/C28H29ClN8O2.3C2HF3O2/c1-17-10-25(36-39-17)37-8-6-18(7-9-37)12-26(38)34-24-5-4-21-13-20(24)3-2-19-11-22(15-30-14-19)33-28-31-16-23(29)27(32-21)35-28;3*3-2(4,5)1(6)7/h4-5,10-11,13-16,18H,2-3,6-9,12H2,1H3,(H,34,38)(H2,31,32,33,35);3*(H,6,7). The largest absolute Gasteiger partial charge is 0.490 e. The molecule has 0 spiro atoms. The maximum Gasteiger partial charge on any atom is 0.490 e. The number of carboxylic acid groups (broad SMARTS) is 3. The number of carbonyl (C=O) groups is 4. The lowest BCUT2D eigenvalue weighted by molar-refractivity contribution is -0.193. The topological polar surface area (TPSA) is 233 Å². The number of rotatable bonds is 4. The molecule has 16 nitrogen and oxygen atoms in total. The molecule has 1 aromatic carbocycles. The van der Waals surface area contributed by atoms with Crippen molar-refractivity contribution in [2.24, 2.45) is 5.92 Å². The quantitative estimate of drug-likeness (QED) is 0.109. The van der Waals surface area contributed by atoms with Gasteiger partial charge in [-0.1, -0.05) is 16.8 Å². The van der Waals surface area contributed by atoms with Gasteiger partial charge in [0.1, 0.15) is 10.8 Å². The second-order valence-corrected chi connectivity index (χ2v) is 12.9. The van der Waals surface area contributed by atoms with E-state index in [0.29, 0.717) is 29.1 Å². The Morgan fingerprint density at radius 3 is 1.95 bits per heavy atom. The average molecular weight is 887 g/mol. The number of nitrogens with zero attached hydrogens (tertiary/aromatic N) is 5. The number of hydrogen-bond acceptors (Lipinski definition) is 12. The summed E-state index contributed by atoms with van der Waals surface area (Å²) in [5.41, 5.74) is 4.53. The van der Waals surface area contributed by atoms with Crippen LogP contribution in [0.15, 0.2) is 53.4 Å². The van der Waals surface area contributed by atoms with Gasteiger partial charge in [-0.3, -0.25) is 9.78 Å². The third-order valence-corrected chi connectivity index (χ3v) is 8.15. The molecule has 0 radical (unpaired) electrons. The molecule has 6 N–H and O–H groups in total. The Morgan fingerprint density at radius 1 is 0.833 bits per heavy atom. The van der Waals surface area contributed by atoms with Gasteiger partial charge in [-0.25, -0.2) is 19.4 Å². The van der Waals surface area contributed by atoms with Crippen LogP contribution in [-0.2, 0) is 32.0 Å². The molecule has 3 aromatic heterocycles. The molecule has 326 valence electrons. The van der Waals surface area contributed by atoms with Crippen LogP contribution >= 0.6 is 11.6 Å². The van der Waals surface area contributed by atoms with E-state index in [2.05, 4.69) is 41.0 Å². The summed E-state index contributed by atoms with van der Waals surface area (Å²) in [5.74, 6) is -5.31. The Kier molecular flexibility index (Phi) is 16.4. The molecule has 0 atom stereocenters. The smallest absolute Gasteiger partial charge is 0.475 e. The number of aromatic nitrogens is 4. The molecule has 0 unspecified atom stereocenters. The van der Waals surface area contributed by atoms with Crippen LogP contribution in [-0.4, -0.2) is 90.9 Å². The maximum absolute atomic E-state index is 13.1. The van der Waals surface area contributed by atoms with Crippen molar-refractivity contribution in [2.45, 2.75) is 57.6 Å². The minimum Gasteiger partial charge on any atom is -0.475 e. The fraction of sp³-hybridized carbons (Fsp3) is 0.353. The first-order chi connectivity index (χ1) is 27.8. The predicted octanol–water partition coefficient (Wildman–Crippen LogP) is 7.55. The highest BCUT2D eigenvalue weighted by Crippen LogP contribution is 2.31. The molecule has 60 heavy (non-hydrogen) atoms. The molecule has 0 aliphatic carbocycles. The Morgan fingerprint density at radius 2 is 1.42 bits per heavy atom. The summed E-state index contributed by atoms with van der Waals surface area (Å²) >= 11 is 6.37. The van der Waals surface area contributed by atoms with Crippen LogP contribution in [0.1, 0.15) is 36.1 Å². The Hall–Kier alpha value is -6.40. The summed E-state index contributed by atoms with van der Waals surface area (Å²) in [6.45, 7) is 3.63. The van der Waals surface area contributed by atoms with Crippen molar-refractivity contribution >= 4 is 70.1 Å². The van der Waals surface area contributed by atoms with Crippen LogP contribution in [0.4, 0.5) is 74.2 Å². The summed E-state index contributed by atoms with van der Waals surface area (Å²) in [7, 11) is 0. The minimum absolute atomic E-state index is 0.0296. The van der Waals surface area contributed by atoms with Gasteiger partial charge in [-0.05, 0) is 73.9 Å². The summed E-state index contributed by atoms with van der Waals surface area (Å²) in [6, 6.07) is 9.88. The molecule has 1 amide bonds. The molecule has 1 fully saturated rings. The van der Waals surface area contributed by atoms with E-state index in [9.17, 15) is 44.3 Å². The third kappa shape index (κ3) is 15.7. The van der Waals surface area contributed by atoms with Crippen molar-refractivity contribution in [3.05, 3.63) is 70.8 Å². The molecule has 1 saturated heterocycles. The van der Waals surface area contributed by atoms with E-state index in [1.807, 2.05) is 43.5 Å². The number of nitrogens with one attached hydrogen (secondary N) is 3. The predicted molar refractivity (Wildman–Crippen MR) is 192 cm³/mol. The van der Waals surface area contributed by atoms with Crippen molar-refractivity contribution in [1.82, 2.24) is 20.1 Å². The monoisotopic (exact) mass is 886 g/mol. The van der Waals surface area contributed by atoms with E-state index in [4.69, 9.17) is 45.8 Å². The molecular weight excluding hydrogens is 855 g/mol. The van der Waals surface area contributed by atoms with Crippen LogP contribution in [0.25, 0.3) is 0 Å². The van der Waals surface area contributed by atoms with Gasteiger partial charge in [-0.2, -0.15) is 44.5 Å². The van der Waals surface area contributed by atoms with Crippen molar-refractivity contribution in [1.29, 1.82) is 0 Å². The molecular formula is C34H32ClF9N8O8. The number of halogens is 10. The van der Waals surface area contributed by atoms with Crippen molar-refractivity contribution in [2.75, 3.05) is 33.9 Å². The van der Waals surface area contributed by atoms with Gasteiger partial charge in [-0.15, -0.1) is 0 Å². The van der Waals surface area contributed by atoms with Crippen LogP contribution in [0.3, 0.4) is 0 Å². The number of alkyl halides is 9. The average Bonchev–Trinajstić information content (AvgIpc) is 3.59. The van der Waals surface area contributed by atoms with Crippen molar-refractivity contribution < 1.29 is 78.5 Å². The van der Waals surface area contributed by atoms with Gasteiger partial charge in [0.25, 0.3) is 0 Å². The maximum atomic E-state index is 13.1. The zero-order valence-corrected chi connectivity index (χ0v) is 31.3. The van der Waals surface area contributed by atoms with E-state index in [-0.39, 0.29) is 5.91 Å². The molecule has 6 bridgehead atoms. The Bertz CT molecular complexity index is 2070. The first kappa shape index (κ1) is 48.0. The van der Waals surface area contributed by atoms with E-state index in [1.54, 1.807) is 12.4 Å². The van der Waals surface area contributed by atoms with Crippen LogP contribution < -0.4 is 20.9 Å². The molecule has 5 heterocycles.